The van der Waals surface area contributed by atoms with Crippen molar-refractivity contribution >= 4 is 5.82 Å². The molecule has 0 aromatic carbocycles. The number of anilines is 1. The molecule has 5 nitrogen and oxygen atoms in total. The second-order valence-electron chi connectivity index (χ2n) is 4.32. The molecule has 0 saturated heterocycles. The fraction of sp³-hybridized carbons (Fsp3) is 0.385. The Morgan fingerprint density at radius 3 is 2.83 bits per heavy atom. The number of aryl methyl sites for hydroxylation is 1. The van der Waals surface area contributed by atoms with E-state index in [1.54, 1.807) is 12.4 Å². The van der Waals surface area contributed by atoms with E-state index in [0.717, 1.165) is 17.4 Å². The molecule has 2 aromatic heterocycles. The third-order valence-electron chi connectivity index (χ3n) is 2.47. The molecule has 0 spiro atoms. The second kappa shape index (κ2) is 5.53. The van der Waals surface area contributed by atoms with E-state index in [1.165, 1.54) is 0 Å². The number of hydrogen-bond acceptors (Lipinski definition) is 4. The van der Waals surface area contributed by atoms with Crippen molar-refractivity contribution in [3.63, 3.8) is 0 Å². The second-order valence-corrected chi connectivity index (χ2v) is 4.32. The molecule has 18 heavy (non-hydrogen) atoms. The maximum absolute atomic E-state index is 5.69. The lowest BCUT2D eigenvalue weighted by molar-refractivity contribution is 0.243. The van der Waals surface area contributed by atoms with Gasteiger partial charge < -0.3 is 14.6 Å². The Labute approximate surface area is 107 Å². The topological polar surface area (TPSA) is 52.0 Å². The summed E-state index contributed by atoms with van der Waals surface area (Å²) in [5.74, 6) is 2.46. The third kappa shape index (κ3) is 3.00. The highest BCUT2D eigenvalue weighted by molar-refractivity contribution is 5.49. The largest absolute Gasteiger partial charge is 0.487 e. The Morgan fingerprint density at radius 1 is 1.33 bits per heavy atom. The van der Waals surface area contributed by atoms with Gasteiger partial charge in [-0.25, -0.2) is 9.97 Å². The molecule has 0 aliphatic heterocycles. The summed E-state index contributed by atoms with van der Waals surface area (Å²) in [7, 11) is 1.97. The van der Waals surface area contributed by atoms with Gasteiger partial charge in [-0.05, 0) is 26.0 Å². The molecule has 0 unspecified atom stereocenters. The number of nitrogens with one attached hydrogen (secondary N) is 1. The summed E-state index contributed by atoms with van der Waals surface area (Å²) in [6.07, 6.45) is 5.57. The molecular weight excluding hydrogens is 228 g/mol. The number of rotatable bonds is 5. The van der Waals surface area contributed by atoms with E-state index in [4.69, 9.17) is 4.74 Å². The van der Waals surface area contributed by atoms with E-state index in [9.17, 15) is 0 Å². The molecule has 0 aliphatic rings. The molecule has 0 bridgehead atoms. The fourth-order valence-electron chi connectivity index (χ4n) is 1.60. The summed E-state index contributed by atoms with van der Waals surface area (Å²) in [4.78, 5) is 8.54. The highest BCUT2D eigenvalue weighted by Gasteiger charge is 2.07. The van der Waals surface area contributed by atoms with Crippen LogP contribution < -0.4 is 10.1 Å². The summed E-state index contributed by atoms with van der Waals surface area (Å²) in [6.45, 7) is 4.61. The van der Waals surface area contributed by atoms with Gasteiger partial charge in [-0.2, -0.15) is 0 Å². The van der Waals surface area contributed by atoms with Crippen LogP contribution in [0, 0.1) is 0 Å². The number of imidazole rings is 1. The number of ether oxygens (including phenoxy) is 1. The lowest BCUT2D eigenvalue weighted by atomic mass is 10.4. The first kappa shape index (κ1) is 12.4. The normalized spacial score (nSPS) is 10.7. The summed E-state index contributed by atoms with van der Waals surface area (Å²) in [5.41, 5.74) is 0. The number of hydrogen-bond donors (Lipinski definition) is 1. The monoisotopic (exact) mass is 246 g/mol. The standard InChI is InChI=1S/C13H18N4O/c1-10(2)18-11-5-4-6-15-13(11)16-9-12-14-7-8-17(12)3/h4-8,10H,9H2,1-3H3,(H,15,16). The average molecular weight is 246 g/mol. The van der Waals surface area contributed by atoms with Gasteiger partial charge in [0.2, 0.25) is 0 Å². The molecule has 0 fully saturated rings. The zero-order valence-corrected chi connectivity index (χ0v) is 10.9. The van der Waals surface area contributed by atoms with Crippen LogP contribution in [0.5, 0.6) is 5.75 Å². The SMILES string of the molecule is CC(C)Oc1cccnc1NCc1nccn1C. The van der Waals surface area contributed by atoms with E-state index < -0.39 is 0 Å². The number of aromatic nitrogens is 3. The fourth-order valence-corrected chi connectivity index (χ4v) is 1.60. The Balaban J connectivity index is 2.07. The van der Waals surface area contributed by atoms with Crippen LogP contribution in [0.3, 0.4) is 0 Å². The minimum absolute atomic E-state index is 0.128. The maximum Gasteiger partial charge on any atom is 0.169 e. The summed E-state index contributed by atoms with van der Waals surface area (Å²) in [5, 5.41) is 3.24. The first-order valence-corrected chi connectivity index (χ1v) is 5.98. The third-order valence-corrected chi connectivity index (χ3v) is 2.47. The Bertz CT molecular complexity index is 507. The van der Waals surface area contributed by atoms with E-state index in [1.807, 2.05) is 43.8 Å². The summed E-state index contributed by atoms with van der Waals surface area (Å²) < 4.78 is 7.66. The van der Waals surface area contributed by atoms with Crippen LogP contribution in [-0.2, 0) is 13.6 Å². The maximum atomic E-state index is 5.69. The van der Waals surface area contributed by atoms with E-state index in [-0.39, 0.29) is 6.10 Å². The highest BCUT2D eigenvalue weighted by Crippen LogP contribution is 2.22. The predicted octanol–water partition coefficient (Wildman–Crippen LogP) is 2.21. The van der Waals surface area contributed by atoms with Crippen molar-refractivity contribution in [2.45, 2.75) is 26.5 Å². The molecule has 5 heteroatoms. The molecule has 2 heterocycles. The first-order chi connectivity index (χ1) is 8.66. The number of pyridine rings is 1. The van der Waals surface area contributed by atoms with Crippen molar-refractivity contribution in [3.8, 4) is 5.75 Å². The van der Waals surface area contributed by atoms with Crippen LogP contribution in [0.2, 0.25) is 0 Å². The van der Waals surface area contributed by atoms with Gasteiger partial charge in [0, 0.05) is 25.6 Å². The Morgan fingerprint density at radius 2 is 2.17 bits per heavy atom. The van der Waals surface area contributed by atoms with Crippen molar-refractivity contribution in [1.82, 2.24) is 14.5 Å². The van der Waals surface area contributed by atoms with Crippen LogP contribution in [0.25, 0.3) is 0 Å². The zero-order valence-electron chi connectivity index (χ0n) is 10.9. The van der Waals surface area contributed by atoms with Gasteiger partial charge in [-0.3, -0.25) is 0 Å². The Kier molecular flexibility index (Phi) is 3.82. The molecule has 1 N–H and O–H groups in total. The van der Waals surface area contributed by atoms with Crippen LogP contribution in [0.15, 0.2) is 30.7 Å². The van der Waals surface area contributed by atoms with Crippen molar-refractivity contribution in [3.05, 3.63) is 36.5 Å². The molecule has 0 radical (unpaired) electrons. The van der Waals surface area contributed by atoms with Gasteiger partial charge in [0.1, 0.15) is 5.82 Å². The molecule has 0 saturated carbocycles. The zero-order chi connectivity index (χ0) is 13.0. The molecule has 2 rings (SSSR count). The van der Waals surface area contributed by atoms with Gasteiger partial charge in [0.05, 0.1) is 12.6 Å². The van der Waals surface area contributed by atoms with E-state index in [2.05, 4.69) is 15.3 Å². The molecular formula is C13H18N4O. The molecule has 96 valence electrons. The van der Waals surface area contributed by atoms with Crippen molar-refractivity contribution in [2.75, 3.05) is 5.32 Å². The van der Waals surface area contributed by atoms with Gasteiger partial charge in [0.15, 0.2) is 11.6 Å². The van der Waals surface area contributed by atoms with Gasteiger partial charge in [-0.1, -0.05) is 0 Å². The van der Waals surface area contributed by atoms with E-state index in [0.29, 0.717) is 6.54 Å². The Hall–Kier alpha value is -2.04. The molecule has 0 atom stereocenters. The minimum atomic E-state index is 0.128. The average Bonchev–Trinajstić information content (AvgIpc) is 2.73. The van der Waals surface area contributed by atoms with Gasteiger partial charge >= 0.3 is 0 Å². The van der Waals surface area contributed by atoms with Crippen molar-refractivity contribution < 1.29 is 4.74 Å². The molecule has 0 amide bonds. The quantitative estimate of drug-likeness (QED) is 0.878. The van der Waals surface area contributed by atoms with Crippen molar-refractivity contribution in [2.24, 2.45) is 7.05 Å². The lowest BCUT2D eigenvalue weighted by Gasteiger charge is -2.14. The smallest absolute Gasteiger partial charge is 0.169 e. The summed E-state index contributed by atoms with van der Waals surface area (Å²) in [6, 6.07) is 3.78. The highest BCUT2D eigenvalue weighted by atomic mass is 16.5. The van der Waals surface area contributed by atoms with Gasteiger partial charge in [0.25, 0.3) is 0 Å². The molecule has 0 aliphatic carbocycles. The summed E-state index contributed by atoms with van der Waals surface area (Å²) >= 11 is 0. The first-order valence-electron chi connectivity index (χ1n) is 5.98. The van der Waals surface area contributed by atoms with Crippen LogP contribution in [0.1, 0.15) is 19.7 Å². The van der Waals surface area contributed by atoms with Crippen LogP contribution >= 0.6 is 0 Å². The minimum Gasteiger partial charge on any atom is -0.487 e. The molecule has 2 aromatic rings. The van der Waals surface area contributed by atoms with Crippen molar-refractivity contribution in [1.29, 1.82) is 0 Å². The van der Waals surface area contributed by atoms with Crippen LogP contribution in [0.4, 0.5) is 5.82 Å². The number of nitrogens with zero attached hydrogens (tertiary/aromatic N) is 3. The van der Waals surface area contributed by atoms with Gasteiger partial charge in [-0.15, -0.1) is 0 Å². The predicted molar refractivity (Wildman–Crippen MR) is 70.5 cm³/mol. The lowest BCUT2D eigenvalue weighted by Crippen LogP contribution is -2.11. The van der Waals surface area contributed by atoms with Crippen LogP contribution in [-0.4, -0.2) is 20.6 Å². The van der Waals surface area contributed by atoms with E-state index >= 15 is 0 Å².